The van der Waals surface area contributed by atoms with Gasteiger partial charge >= 0.3 is 6.09 Å². The van der Waals surface area contributed by atoms with Gasteiger partial charge in [-0.3, -0.25) is 20.3 Å². The lowest BCUT2D eigenvalue weighted by Crippen LogP contribution is -2.57. The number of hydrazine groups is 1. The Morgan fingerprint density at radius 2 is 1.75 bits per heavy atom. The third-order valence-electron chi connectivity index (χ3n) is 2.78. The standard InChI is InChI=1S/C16H23N3O5/c1-15(2,3)18(14(21)24-16(4,5)6)17-13(20)11-8-7-9-12(10-11)19(22)23/h7-10H,1-6H3,(H,17,20). The fraction of sp³-hybridized carbons (Fsp3) is 0.500. The second kappa shape index (κ2) is 6.86. The van der Waals surface area contributed by atoms with E-state index in [0.717, 1.165) is 11.1 Å². The molecule has 0 fully saturated rings. The van der Waals surface area contributed by atoms with Crippen molar-refractivity contribution in [2.75, 3.05) is 0 Å². The van der Waals surface area contributed by atoms with Crippen molar-refractivity contribution in [2.45, 2.75) is 52.7 Å². The van der Waals surface area contributed by atoms with E-state index in [-0.39, 0.29) is 11.3 Å². The quantitative estimate of drug-likeness (QED) is 0.659. The molecule has 8 heteroatoms. The molecule has 1 rings (SSSR count). The predicted molar refractivity (Wildman–Crippen MR) is 88.4 cm³/mol. The van der Waals surface area contributed by atoms with Gasteiger partial charge in [-0.15, -0.1) is 0 Å². The van der Waals surface area contributed by atoms with Gasteiger partial charge in [0.1, 0.15) is 5.60 Å². The smallest absolute Gasteiger partial charge is 0.429 e. The lowest BCUT2D eigenvalue weighted by Gasteiger charge is -2.36. The molecule has 0 aliphatic rings. The van der Waals surface area contributed by atoms with E-state index in [1.54, 1.807) is 41.5 Å². The molecule has 132 valence electrons. The van der Waals surface area contributed by atoms with Gasteiger partial charge in [-0.1, -0.05) is 6.07 Å². The topological polar surface area (TPSA) is 102 Å². The van der Waals surface area contributed by atoms with Crippen LogP contribution in [0.5, 0.6) is 0 Å². The van der Waals surface area contributed by atoms with Crippen LogP contribution in [0.3, 0.4) is 0 Å². The van der Waals surface area contributed by atoms with Gasteiger partial charge in [-0.05, 0) is 47.6 Å². The zero-order valence-corrected chi connectivity index (χ0v) is 14.7. The SMILES string of the molecule is CC(C)(C)OC(=O)N(NC(=O)c1cccc([N+](=O)[O-])c1)C(C)(C)C. The first kappa shape index (κ1) is 19.4. The number of nitro groups is 1. The lowest BCUT2D eigenvalue weighted by molar-refractivity contribution is -0.384. The van der Waals surface area contributed by atoms with Crippen molar-refractivity contribution in [3.05, 3.63) is 39.9 Å². The third-order valence-corrected chi connectivity index (χ3v) is 2.78. The van der Waals surface area contributed by atoms with E-state index in [2.05, 4.69) is 5.43 Å². The number of amides is 2. The summed E-state index contributed by atoms with van der Waals surface area (Å²) in [4.78, 5) is 34.9. The molecule has 1 aromatic carbocycles. The van der Waals surface area contributed by atoms with E-state index in [1.807, 2.05) is 0 Å². The Balaban J connectivity index is 3.03. The first-order valence-electron chi connectivity index (χ1n) is 7.40. The molecule has 1 N–H and O–H groups in total. The highest BCUT2D eigenvalue weighted by Crippen LogP contribution is 2.18. The van der Waals surface area contributed by atoms with Crippen LogP contribution >= 0.6 is 0 Å². The summed E-state index contributed by atoms with van der Waals surface area (Å²) in [7, 11) is 0. The van der Waals surface area contributed by atoms with Crippen molar-refractivity contribution >= 4 is 17.7 Å². The molecule has 1 aromatic rings. The third kappa shape index (κ3) is 5.53. The van der Waals surface area contributed by atoms with Gasteiger partial charge in [0.25, 0.3) is 11.6 Å². The van der Waals surface area contributed by atoms with Crippen LogP contribution in [-0.2, 0) is 4.74 Å². The van der Waals surface area contributed by atoms with Crippen LogP contribution in [0, 0.1) is 10.1 Å². The molecule has 0 aliphatic heterocycles. The van der Waals surface area contributed by atoms with Crippen LogP contribution < -0.4 is 5.43 Å². The van der Waals surface area contributed by atoms with Gasteiger partial charge in [0.05, 0.1) is 10.5 Å². The van der Waals surface area contributed by atoms with E-state index in [0.29, 0.717) is 0 Å². The van der Waals surface area contributed by atoms with Gasteiger partial charge in [0, 0.05) is 17.7 Å². The molecule has 0 heterocycles. The van der Waals surface area contributed by atoms with E-state index in [1.165, 1.54) is 18.2 Å². The van der Waals surface area contributed by atoms with Crippen LogP contribution in [0.25, 0.3) is 0 Å². The summed E-state index contributed by atoms with van der Waals surface area (Å²) in [6, 6.07) is 5.26. The summed E-state index contributed by atoms with van der Waals surface area (Å²) >= 11 is 0. The largest absolute Gasteiger partial charge is 0.442 e. The van der Waals surface area contributed by atoms with Crippen LogP contribution in [0.2, 0.25) is 0 Å². The molecule has 24 heavy (non-hydrogen) atoms. The Kier molecular flexibility index (Phi) is 5.54. The zero-order valence-electron chi connectivity index (χ0n) is 14.7. The Bertz CT molecular complexity index is 644. The Morgan fingerprint density at radius 1 is 1.17 bits per heavy atom. The average Bonchev–Trinajstić information content (AvgIpc) is 2.41. The van der Waals surface area contributed by atoms with Crippen LogP contribution in [0.4, 0.5) is 10.5 Å². The lowest BCUT2D eigenvalue weighted by atomic mass is 10.1. The molecule has 0 radical (unpaired) electrons. The number of nitrogens with one attached hydrogen (secondary N) is 1. The molecule has 0 bridgehead atoms. The number of rotatable bonds is 2. The van der Waals surface area contributed by atoms with Gasteiger partial charge in [-0.2, -0.15) is 0 Å². The number of benzene rings is 1. The molecular formula is C16H23N3O5. The number of nitro benzene ring substituents is 1. The molecule has 0 aromatic heterocycles. The monoisotopic (exact) mass is 337 g/mol. The second-order valence-corrected chi connectivity index (χ2v) is 7.23. The van der Waals surface area contributed by atoms with Crippen LogP contribution in [0.15, 0.2) is 24.3 Å². The first-order chi connectivity index (χ1) is 10.8. The number of nitrogens with zero attached hydrogens (tertiary/aromatic N) is 2. The van der Waals surface area contributed by atoms with Crippen molar-refractivity contribution in [2.24, 2.45) is 0 Å². The normalized spacial score (nSPS) is 11.6. The fourth-order valence-electron chi connectivity index (χ4n) is 1.72. The highest BCUT2D eigenvalue weighted by atomic mass is 16.6. The van der Waals surface area contributed by atoms with Gasteiger partial charge in [-0.25, -0.2) is 9.80 Å². The summed E-state index contributed by atoms with van der Waals surface area (Å²) in [5, 5.41) is 11.9. The number of non-ortho nitro benzene ring substituents is 1. The van der Waals surface area contributed by atoms with Crippen molar-refractivity contribution in [1.82, 2.24) is 10.4 Å². The van der Waals surface area contributed by atoms with Crippen LogP contribution in [0.1, 0.15) is 51.9 Å². The second-order valence-electron chi connectivity index (χ2n) is 7.23. The fourth-order valence-corrected chi connectivity index (χ4v) is 1.72. The number of carbonyl (C=O) groups excluding carboxylic acids is 2. The van der Waals surface area contributed by atoms with Crippen LogP contribution in [-0.4, -0.2) is 33.1 Å². The number of hydrogen-bond acceptors (Lipinski definition) is 5. The van der Waals surface area contributed by atoms with Gasteiger partial charge < -0.3 is 4.74 Å². The summed E-state index contributed by atoms with van der Waals surface area (Å²) in [5.74, 6) is -0.639. The highest BCUT2D eigenvalue weighted by molar-refractivity contribution is 5.95. The van der Waals surface area contributed by atoms with E-state index in [4.69, 9.17) is 4.74 Å². The summed E-state index contributed by atoms with van der Waals surface area (Å²) in [6.07, 6.45) is -0.714. The predicted octanol–water partition coefficient (Wildman–Crippen LogP) is 3.28. The maximum Gasteiger partial charge on any atom is 0.429 e. The maximum atomic E-state index is 12.4. The average molecular weight is 337 g/mol. The minimum Gasteiger partial charge on any atom is -0.442 e. The van der Waals surface area contributed by atoms with Crippen molar-refractivity contribution in [3.8, 4) is 0 Å². The van der Waals surface area contributed by atoms with Crippen molar-refractivity contribution in [1.29, 1.82) is 0 Å². The van der Waals surface area contributed by atoms with E-state index in [9.17, 15) is 19.7 Å². The molecule has 8 nitrogen and oxygen atoms in total. The molecule has 0 saturated carbocycles. The molecule has 0 spiro atoms. The number of ether oxygens (including phenoxy) is 1. The van der Waals surface area contributed by atoms with E-state index < -0.39 is 28.1 Å². The summed E-state index contributed by atoms with van der Waals surface area (Å²) in [6.45, 7) is 10.3. The molecule has 0 aliphatic carbocycles. The molecule has 0 atom stereocenters. The molecule has 0 unspecified atom stereocenters. The zero-order chi connectivity index (χ0) is 18.7. The van der Waals surface area contributed by atoms with E-state index >= 15 is 0 Å². The Labute approximate surface area is 140 Å². The summed E-state index contributed by atoms with van der Waals surface area (Å²) < 4.78 is 5.29. The Morgan fingerprint density at radius 3 is 2.21 bits per heavy atom. The first-order valence-corrected chi connectivity index (χ1v) is 7.40. The van der Waals surface area contributed by atoms with Gasteiger partial charge in [0.15, 0.2) is 0 Å². The summed E-state index contributed by atoms with van der Waals surface area (Å²) in [5.41, 5.74) is 0.847. The maximum absolute atomic E-state index is 12.4. The van der Waals surface area contributed by atoms with Gasteiger partial charge in [0.2, 0.25) is 0 Å². The number of hydrogen-bond donors (Lipinski definition) is 1. The van der Waals surface area contributed by atoms with Crippen molar-refractivity contribution < 1.29 is 19.2 Å². The minimum atomic E-state index is -0.751. The minimum absolute atomic E-state index is 0.0713. The van der Waals surface area contributed by atoms with Crippen molar-refractivity contribution in [3.63, 3.8) is 0 Å². The Hall–Kier alpha value is -2.64. The number of carbonyl (C=O) groups is 2. The molecule has 0 saturated heterocycles. The molecule has 2 amide bonds. The highest BCUT2D eigenvalue weighted by Gasteiger charge is 2.32. The molecular weight excluding hydrogens is 314 g/mol.